The number of aliphatic hydroxyl groups is 1. The molecule has 0 saturated heterocycles. The number of thiazole rings is 1. The largest absolute Gasteiger partial charge is 0.396 e. The Morgan fingerprint density at radius 2 is 2.50 bits per heavy atom. The summed E-state index contributed by atoms with van der Waals surface area (Å²) in [5.74, 6) is 0.00560. The highest BCUT2D eigenvalue weighted by Crippen LogP contribution is 2.13. The fourth-order valence-corrected chi connectivity index (χ4v) is 1.78. The summed E-state index contributed by atoms with van der Waals surface area (Å²) in [6.07, 6.45) is 4.64. The summed E-state index contributed by atoms with van der Waals surface area (Å²) >= 11 is 1.45. The van der Waals surface area contributed by atoms with Crippen LogP contribution in [0.2, 0.25) is 0 Å². The van der Waals surface area contributed by atoms with Gasteiger partial charge in [-0.25, -0.2) is 4.98 Å². The molecule has 14 heavy (non-hydrogen) atoms. The number of allylic oxidation sites excluding steroid dienone is 1. The summed E-state index contributed by atoms with van der Waals surface area (Å²) in [5, 5.41) is 11.2. The van der Waals surface area contributed by atoms with E-state index in [1.165, 1.54) is 11.3 Å². The number of nitrogens with zero attached hydrogens (tertiary/aromatic N) is 1. The molecule has 1 heterocycles. The maximum absolute atomic E-state index is 11.4. The molecule has 0 amide bonds. The number of aliphatic hydroxyl groups excluding tert-OH is 1. The van der Waals surface area contributed by atoms with E-state index in [1.807, 2.05) is 19.1 Å². The molecule has 0 unspecified atom stereocenters. The lowest BCUT2D eigenvalue weighted by Crippen LogP contribution is -2.00. The summed E-state index contributed by atoms with van der Waals surface area (Å²) in [6, 6.07) is 0. The van der Waals surface area contributed by atoms with Gasteiger partial charge in [0.25, 0.3) is 0 Å². The van der Waals surface area contributed by atoms with Crippen molar-refractivity contribution in [1.82, 2.24) is 4.98 Å². The van der Waals surface area contributed by atoms with Crippen molar-refractivity contribution in [2.24, 2.45) is 0 Å². The predicted octanol–water partition coefficient (Wildman–Crippen LogP) is 2.13. The SMILES string of the molecule is C/C=C\c1nc(C(=O)CCCO)cs1. The maximum atomic E-state index is 11.4. The highest BCUT2D eigenvalue weighted by Gasteiger charge is 2.08. The smallest absolute Gasteiger partial charge is 0.182 e. The average Bonchev–Trinajstić information content (AvgIpc) is 2.63. The average molecular weight is 211 g/mol. The summed E-state index contributed by atoms with van der Waals surface area (Å²) in [7, 11) is 0. The molecule has 0 aromatic carbocycles. The van der Waals surface area contributed by atoms with Gasteiger partial charge in [-0.05, 0) is 19.4 Å². The van der Waals surface area contributed by atoms with E-state index in [9.17, 15) is 4.79 Å². The highest BCUT2D eigenvalue weighted by atomic mass is 32.1. The van der Waals surface area contributed by atoms with Crippen molar-refractivity contribution in [3.8, 4) is 0 Å². The number of hydrogen-bond acceptors (Lipinski definition) is 4. The number of aromatic nitrogens is 1. The van der Waals surface area contributed by atoms with E-state index in [0.717, 1.165) is 5.01 Å². The lowest BCUT2D eigenvalue weighted by molar-refractivity contribution is 0.0967. The Labute approximate surface area is 87.1 Å². The Bertz CT molecular complexity index is 331. The standard InChI is InChI=1S/C10H13NO2S/c1-2-4-10-11-8(7-14-10)9(13)5-3-6-12/h2,4,7,12H,3,5-6H2,1H3/b4-2-. The molecule has 76 valence electrons. The van der Waals surface area contributed by atoms with Crippen LogP contribution in [0.1, 0.15) is 35.3 Å². The van der Waals surface area contributed by atoms with E-state index >= 15 is 0 Å². The normalized spacial score (nSPS) is 11.0. The van der Waals surface area contributed by atoms with Gasteiger partial charge in [-0.2, -0.15) is 0 Å². The number of ketones is 1. The van der Waals surface area contributed by atoms with Gasteiger partial charge in [-0.3, -0.25) is 4.79 Å². The van der Waals surface area contributed by atoms with Crippen molar-refractivity contribution >= 4 is 23.2 Å². The first-order valence-corrected chi connectivity index (χ1v) is 5.38. The topological polar surface area (TPSA) is 50.2 Å². The first kappa shape index (κ1) is 11.1. The molecule has 3 nitrogen and oxygen atoms in total. The van der Waals surface area contributed by atoms with Crippen LogP contribution in [0.15, 0.2) is 11.5 Å². The molecular formula is C10H13NO2S. The number of hydrogen-bond donors (Lipinski definition) is 1. The van der Waals surface area contributed by atoms with E-state index in [-0.39, 0.29) is 12.4 Å². The minimum absolute atomic E-state index is 0.00560. The van der Waals surface area contributed by atoms with E-state index in [4.69, 9.17) is 5.11 Å². The molecule has 1 rings (SSSR count). The lowest BCUT2D eigenvalue weighted by Gasteiger charge is -1.93. The highest BCUT2D eigenvalue weighted by molar-refractivity contribution is 7.10. The molecule has 0 aliphatic carbocycles. The molecule has 1 aromatic heterocycles. The van der Waals surface area contributed by atoms with Crippen LogP contribution < -0.4 is 0 Å². The van der Waals surface area contributed by atoms with Crippen molar-refractivity contribution in [2.45, 2.75) is 19.8 Å². The zero-order chi connectivity index (χ0) is 10.4. The van der Waals surface area contributed by atoms with Crippen LogP contribution in [0.4, 0.5) is 0 Å². The number of carbonyl (C=O) groups is 1. The lowest BCUT2D eigenvalue weighted by atomic mass is 10.2. The van der Waals surface area contributed by atoms with Gasteiger partial charge < -0.3 is 5.11 Å². The number of rotatable bonds is 5. The van der Waals surface area contributed by atoms with Crippen molar-refractivity contribution in [2.75, 3.05) is 6.61 Å². The third-order valence-electron chi connectivity index (χ3n) is 1.68. The summed E-state index contributed by atoms with van der Waals surface area (Å²) in [5.41, 5.74) is 0.511. The maximum Gasteiger partial charge on any atom is 0.182 e. The molecule has 0 bridgehead atoms. The Morgan fingerprint density at radius 3 is 3.14 bits per heavy atom. The molecule has 0 aliphatic rings. The second kappa shape index (κ2) is 5.67. The van der Waals surface area contributed by atoms with Crippen molar-refractivity contribution in [1.29, 1.82) is 0 Å². The molecule has 1 N–H and O–H groups in total. The van der Waals surface area contributed by atoms with Gasteiger partial charge in [-0.15, -0.1) is 11.3 Å². The quantitative estimate of drug-likeness (QED) is 0.759. The van der Waals surface area contributed by atoms with E-state index in [2.05, 4.69) is 4.98 Å². The third kappa shape index (κ3) is 3.05. The van der Waals surface area contributed by atoms with Gasteiger partial charge >= 0.3 is 0 Å². The molecule has 0 saturated carbocycles. The van der Waals surface area contributed by atoms with Crippen LogP contribution in [0.3, 0.4) is 0 Å². The Hall–Kier alpha value is -1.00. The fraction of sp³-hybridized carbons (Fsp3) is 0.400. The summed E-state index contributed by atoms with van der Waals surface area (Å²) < 4.78 is 0. The monoisotopic (exact) mass is 211 g/mol. The second-order valence-corrected chi connectivity index (χ2v) is 3.71. The fourth-order valence-electron chi connectivity index (χ4n) is 1.00. The van der Waals surface area contributed by atoms with E-state index < -0.39 is 0 Å². The molecule has 0 atom stereocenters. The van der Waals surface area contributed by atoms with Crippen molar-refractivity contribution < 1.29 is 9.90 Å². The third-order valence-corrected chi connectivity index (χ3v) is 2.49. The predicted molar refractivity (Wildman–Crippen MR) is 57.5 cm³/mol. The summed E-state index contributed by atoms with van der Waals surface area (Å²) in [6.45, 7) is 1.96. The molecule has 0 radical (unpaired) electrons. The van der Waals surface area contributed by atoms with Crippen LogP contribution in [0.5, 0.6) is 0 Å². The van der Waals surface area contributed by atoms with Gasteiger partial charge in [0.1, 0.15) is 10.7 Å². The van der Waals surface area contributed by atoms with Gasteiger partial charge in [-0.1, -0.05) is 6.08 Å². The van der Waals surface area contributed by atoms with Crippen molar-refractivity contribution in [3.05, 3.63) is 22.2 Å². The van der Waals surface area contributed by atoms with Crippen LogP contribution in [-0.4, -0.2) is 22.5 Å². The number of carbonyl (C=O) groups excluding carboxylic acids is 1. The van der Waals surface area contributed by atoms with Gasteiger partial charge in [0.15, 0.2) is 5.78 Å². The Balaban J connectivity index is 2.62. The first-order chi connectivity index (χ1) is 6.77. The zero-order valence-corrected chi connectivity index (χ0v) is 8.88. The van der Waals surface area contributed by atoms with Gasteiger partial charge in [0.2, 0.25) is 0 Å². The Kier molecular flexibility index (Phi) is 4.49. The Morgan fingerprint density at radius 1 is 1.71 bits per heavy atom. The first-order valence-electron chi connectivity index (χ1n) is 4.50. The minimum Gasteiger partial charge on any atom is -0.396 e. The number of Topliss-reactive ketones (excluding diaryl/α,β-unsaturated/α-hetero) is 1. The molecule has 1 aromatic rings. The summed E-state index contributed by atoms with van der Waals surface area (Å²) in [4.78, 5) is 15.6. The van der Waals surface area contributed by atoms with Crippen LogP contribution in [0.25, 0.3) is 6.08 Å². The van der Waals surface area contributed by atoms with Gasteiger partial charge in [0.05, 0.1) is 0 Å². The van der Waals surface area contributed by atoms with Crippen molar-refractivity contribution in [3.63, 3.8) is 0 Å². The van der Waals surface area contributed by atoms with E-state index in [0.29, 0.717) is 18.5 Å². The molecule has 0 aliphatic heterocycles. The van der Waals surface area contributed by atoms with Gasteiger partial charge in [0, 0.05) is 18.4 Å². The molecule has 0 spiro atoms. The molecule has 4 heteroatoms. The van der Waals surface area contributed by atoms with Crippen LogP contribution >= 0.6 is 11.3 Å². The molecular weight excluding hydrogens is 198 g/mol. The van der Waals surface area contributed by atoms with E-state index in [1.54, 1.807) is 5.38 Å². The van der Waals surface area contributed by atoms with Crippen LogP contribution in [0, 0.1) is 0 Å². The second-order valence-electron chi connectivity index (χ2n) is 2.82. The minimum atomic E-state index is 0.00560. The van der Waals surface area contributed by atoms with Crippen LogP contribution in [-0.2, 0) is 0 Å². The zero-order valence-electron chi connectivity index (χ0n) is 8.06. The molecule has 0 fully saturated rings.